The van der Waals surface area contributed by atoms with Crippen molar-refractivity contribution < 1.29 is 4.42 Å². The first kappa shape index (κ1) is 37.0. The van der Waals surface area contributed by atoms with Gasteiger partial charge in [-0.2, -0.15) is 0 Å². The van der Waals surface area contributed by atoms with Crippen LogP contribution in [0.15, 0.2) is 253 Å². The van der Waals surface area contributed by atoms with Crippen LogP contribution in [-0.4, -0.2) is 0 Å². The van der Waals surface area contributed by atoms with Crippen LogP contribution in [0.2, 0.25) is 0 Å². The second kappa shape index (κ2) is 16.2. The maximum atomic E-state index is 6.36. The molecule has 10 aromatic carbocycles. The van der Waals surface area contributed by atoms with Gasteiger partial charge >= 0.3 is 0 Å². The average molecular weight is 791 g/mol. The number of fused-ring (bicyclic) bond motifs is 3. The van der Waals surface area contributed by atoms with E-state index in [0.29, 0.717) is 0 Å². The predicted molar refractivity (Wildman–Crippen MR) is 260 cm³/mol. The molecule has 1 heterocycles. The van der Waals surface area contributed by atoms with Crippen molar-refractivity contribution in [2.45, 2.75) is 5.92 Å². The highest BCUT2D eigenvalue weighted by Crippen LogP contribution is 2.39. The molecule has 0 aliphatic rings. The summed E-state index contributed by atoms with van der Waals surface area (Å²) in [5.74, 6) is 0.0464. The van der Waals surface area contributed by atoms with Gasteiger partial charge in [0.1, 0.15) is 11.2 Å². The molecule has 62 heavy (non-hydrogen) atoms. The minimum atomic E-state index is 0.0464. The van der Waals surface area contributed by atoms with Gasteiger partial charge in [0.25, 0.3) is 0 Å². The van der Waals surface area contributed by atoms with E-state index < -0.39 is 0 Å². The Morgan fingerprint density at radius 2 is 0.581 bits per heavy atom. The van der Waals surface area contributed by atoms with Gasteiger partial charge in [0.2, 0.25) is 0 Å². The van der Waals surface area contributed by atoms with E-state index in [1.54, 1.807) is 0 Å². The van der Waals surface area contributed by atoms with Crippen LogP contribution in [0, 0.1) is 0 Å². The van der Waals surface area contributed by atoms with Crippen molar-refractivity contribution in [3.63, 3.8) is 0 Å². The van der Waals surface area contributed by atoms with E-state index in [4.69, 9.17) is 4.42 Å². The fraction of sp³-hybridized carbons (Fsp3) is 0.0164. The van der Waals surface area contributed by atoms with Crippen molar-refractivity contribution >= 4 is 21.9 Å². The molecule has 0 radical (unpaired) electrons. The number of furan rings is 1. The van der Waals surface area contributed by atoms with Crippen LogP contribution in [0.3, 0.4) is 0 Å². The Bertz CT molecular complexity index is 3160. The van der Waals surface area contributed by atoms with Crippen LogP contribution in [0.25, 0.3) is 88.7 Å². The van der Waals surface area contributed by atoms with E-state index in [0.717, 1.165) is 33.1 Å². The minimum absolute atomic E-state index is 0.0464. The van der Waals surface area contributed by atoms with Crippen molar-refractivity contribution in [1.82, 2.24) is 0 Å². The Kier molecular flexibility index (Phi) is 9.69. The lowest BCUT2D eigenvalue weighted by molar-refractivity contribution is 0.670. The van der Waals surface area contributed by atoms with Crippen LogP contribution in [-0.2, 0) is 0 Å². The van der Waals surface area contributed by atoms with E-state index in [-0.39, 0.29) is 5.92 Å². The van der Waals surface area contributed by atoms with Gasteiger partial charge < -0.3 is 4.42 Å². The van der Waals surface area contributed by atoms with Crippen LogP contribution in [0.5, 0.6) is 0 Å². The van der Waals surface area contributed by atoms with Gasteiger partial charge in [-0.1, -0.05) is 231 Å². The molecule has 0 unspecified atom stereocenters. The number of hydrogen-bond acceptors (Lipinski definition) is 1. The highest BCUT2D eigenvalue weighted by Gasteiger charge is 2.19. The molecular formula is C61H42O. The number of para-hydroxylation sites is 2. The maximum absolute atomic E-state index is 6.36. The van der Waals surface area contributed by atoms with Crippen molar-refractivity contribution in [1.29, 1.82) is 0 Å². The Morgan fingerprint density at radius 3 is 1.06 bits per heavy atom. The monoisotopic (exact) mass is 790 g/mol. The average Bonchev–Trinajstić information content (AvgIpc) is 3.75. The third-order valence-corrected chi connectivity index (χ3v) is 12.3. The SMILES string of the molecule is c1ccc(-c2cccc(-c3ccc(C(c4ccc(-c5ccc(-c6cccc7c6oc6ccccc67)cc5)cc4)c4ccc(-c5cccc(-c6ccccc6)c5)cc4)cc3)c2)cc1. The van der Waals surface area contributed by atoms with Crippen molar-refractivity contribution in [3.8, 4) is 66.8 Å². The Labute approximate surface area is 362 Å². The fourth-order valence-corrected chi connectivity index (χ4v) is 9.02. The molecule has 0 atom stereocenters. The smallest absolute Gasteiger partial charge is 0.143 e. The summed E-state index contributed by atoms with van der Waals surface area (Å²) in [5, 5.41) is 2.29. The van der Waals surface area contributed by atoms with Gasteiger partial charge in [-0.05, 0) is 96.1 Å². The zero-order valence-electron chi connectivity index (χ0n) is 34.2. The third-order valence-electron chi connectivity index (χ3n) is 12.3. The molecule has 0 amide bonds. The summed E-state index contributed by atoms with van der Waals surface area (Å²) in [5.41, 5.74) is 19.9. The van der Waals surface area contributed by atoms with E-state index in [1.807, 2.05) is 12.1 Å². The van der Waals surface area contributed by atoms with Gasteiger partial charge in [0, 0.05) is 22.3 Å². The zero-order chi connectivity index (χ0) is 41.2. The molecule has 11 rings (SSSR count). The topological polar surface area (TPSA) is 13.1 Å². The first-order valence-corrected chi connectivity index (χ1v) is 21.3. The Hall–Kier alpha value is -8.00. The standard InChI is InChI=1S/C61H42O/c1-3-12-42(13-4-1)52-16-9-18-54(40-52)46-28-36-50(37-29-46)60(51-38-30-47(31-39-51)55-19-10-17-53(41-55)43-14-5-2-6-15-43)49-34-26-45(27-35-49)44-24-32-48(33-25-44)56-21-11-22-58-57-20-7-8-23-59(57)62-61(56)58/h1-41,60H. The van der Waals surface area contributed by atoms with Crippen molar-refractivity contribution in [2.75, 3.05) is 0 Å². The van der Waals surface area contributed by atoms with Crippen molar-refractivity contribution in [2.24, 2.45) is 0 Å². The summed E-state index contributed by atoms with van der Waals surface area (Å²) in [4.78, 5) is 0. The van der Waals surface area contributed by atoms with E-state index in [9.17, 15) is 0 Å². The van der Waals surface area contributed by atoms with Gasteiger partial charge in [-0.25, -0.2) is 0 Å². The van der Waals surface area contributed by atoms with E-state index in [1.165, 1.54) is 72.3 Å². The van der Waals surface area contributed by atoms with Crippen LogP contribution >= 0.6 is 0 Å². The Morgan fingerprint density at radius 1 is 0.242 bits per heavy atom. The van der Waals surface area contributed by atoms with E-state index in [2.05, 4.69) is 237 Å². The number of benzene rings is 10. The normalized spacial score (nSPS) is 11.4. The highest BCUT2D eigenvalue weighted by molar-refractivity contribution is 6.09. The Balaban J connectivity index is 0.917. The molecule has 0 aliphatic carbocycles. The van der Waals surface area contributed by atoms with Crippen LogP contribution < -0.4 is 0 Å². The van der Waals surface area contributed by atoms with E-state index >= 15 is 0 Å². The fourth-order valence-electron chi connectivity index (χ4n) is 9.02. The lowest BCUT2D eigenvalue weighted by Crippen LogP contribution is -2.03. The van der Waals surface area contributed by atoms with Crippen molar-refractivity contribution in [3.05, 3.63) is 265 Å². The molecule has 1 aromatic heterocycles. The quantitative estimate of drug-likeness (QED) is 0.133. The minimum Gasteiger partial charge on any atom is -0.455 e. The molecule has 11 aromatic rings. The molecule has 0 saturated heterocycles. The molecular weight excluding hydrogens is 749 g/mol. The molecule has 0 N–H and O–H groups in total. The first-order chi connectivity index (χ1) is 30.7. The second-order valence-corrected chi connectivity index (χ2v) is 16.1. The summed E-state index contributed by atoms with van der Waals surface area (Å²) in [6, 6.07) is 89.9. The van der Waals surface area contributed by atoms with Gasteiger partial charge in [0.15, 0.2) is 0 Å². The molecule has 0 aliphatic heterocycles. The summed E-state index contributed by atoms with van der Waals surface area (Å²) in [6.45, 7) is 0. The largest absolute Gasteiger partial charge is 0.455 e. The molecule has 0 saturated carbocycles. The van der Waals surface area contributed by atoms with Crippen LogP contribution in [0.1, 0.15) is 22.6 Å². The summed E-state index contributed by atoms with van der Waals surface area (Å²) < 4.78 is 6.36. The molecule has 1 heteroatoms. The lowest BCUT2D eigenvalue weighted by atomic mass is 9.83. The maximum Gasteiger partial charge on any atom is 0.143 e. The molecule has 1 nitrogen and oxygen atoms in total. The van der Waals surface area contributed by atoms with Crippen LogP contribution in [0.4, 0.5) is 0 Å². The predicted octanol–water partition coefficient (Wildman–Crippen LogP) is 16.8. The van der Waals surface area contributed by atoms with Gasteiger partial charge in [-0.15, -0.1) is 0 Å². The summed E-state index contributed by atoms with van der Waals surface area (Å²) in [6.07, 6.45) is 0. The first-order valence-electron chi connectivity index (χ1n) is 21.3. The molecule has 0 fully saturated rings. The summed E-state index contributed by atoms with van der Waals surface area (Å²) >= 11 is 0. The van der Waals surface area contributed by atoms with Gasteiger partial charge in [0.05, 0.1) is 0 Å². The number of rotatable bonds is 9. The number of hydrogen-bond donors (Lipinski definition) is 0. The lowest BCUT2D eigenvalue weighted by Gasteiger charge is -2.20. The molecule has 0 spiro atoms. The van der Waals surface area contributed by atoms with Gasteiger partial charge in [-0.3, -0.25) is 0 Å². The highest BCUT2D eigenvalue weighted by atomic mass is 16.3. The third kappa shape index (κ3) is 7.21. The summed E-state index contributed by atoms with van der Waals surface area (Å²) in [7, 11) is 0. The zero-order valence-corrected chi connectivity index (χ0v) is 34.2. The molecule has 292 valence electrons. The second-order valence-electron chi connectivity index (χ2n) is 16.1. The molecule has 0 bridgehead atoms.